The average Bonchev–Trinajstić information content (AvgIpc) is 2.64. The molecular formula is C19H32ClIN4O. The summed E-state index contributed by atoms with van der Waals surface area (Å²) in [5.74, 6) is 0.905. The van der Waals surface area contributed by atoms with Gasteiger partial charge in [0.2, 0.25) is 0 Å². The zero-order chi connectivity index (χ0) is 17.7. The fourth-order valence-electron chi connectivity index (χ4n) is 2.78. The van der Waals surface area contributed by atoms with Gasteiger partial charge in [0.15, 0.2) is 5.96 Å². The zero-order valence-electron chi connectivity index (χ0n) is 15.7. The number of morpholine rings is 1. The van der Waals surface area contributed by atoms with Crippen molar-refractivity contribution in [1.29, 1.82) is 0 Å². The first-order valence-corrected chi connectivity index (χ1v) is 9.72. The third-order valence-corrected chi connectivity index (χ3v) is 4.47. The van der Waals surface area contributed by atoms with E-state index in [0.29, 0.717) is 0 Å². The van der Waals surface area contributed by atoms with Crippen molar-refractivity contribution in [2.24, 2.45) is 4.99 Å². The molecule has 0 radical (unpaired) electrons. The molecule has 148 valence electrons. The lowest BCUT2D eigenvalue weighted by Gasteiger charge is -2.26. The Kier molecular flexibility index (Phi) is 13.1. The van der Waals surface area contributed by atoms with E-state index in [1.54, 1.807) is 0 Å². The van der Waals surface area contributed by atoms with Crippen LogP contribution in [-0.4, -0.2) is 63.3 Å². The number of halogens is 2. The molecule has 0 bridgehead atoms. The van der Waals surface area contributed by atoms with Crippen molar-refractivity contribution in [3.05, 3.63) is 34.9 Å². The van der Waals surface area contributed by atoms with Crippen LogP contribution >= 0.6 is 35.6 Å². The summed E-state index contributed by atoms with van der Waals surface area (Å²) in [5, 5.41) is 7.49. The first-order valence-electron chi connectivity index (χ1n) is 9.34. The van der Waals surface area contributed by atoms with Crippen LogP contribution < -0.4 is 10.6 Å². The molecule has 0 saturated carbocycles. The Bertz CT molecular complexity index is 507. The second kappa shape index (κ2) is 14.5. The van der Waals surface area contributed by atoms with E-state index < -0.39 is 0 Å². The van der Waals surface area contributed by atoms with Crippen LogP contribution in [0.15, 0.2) is 29.3 Å². The molecule has 1 aliphatic rings. The van der Waals surface area contributed by atoms with E-state index in [1.165, 1.54) is 12.0 Å². The lowest BCUT2D eigenvalue weighted by Crippen LogP contribution is -2.38. The van der Waals surface area contributed by atoms with Gasteiger partial charge in [-0.3, -0.25) is 9.89 Å². The van der Waals surface area contributed by atoms with E-state index in [2.05, 4.69) is 39.6 Å². The molecule has 26 heavy (non-hydrogen) atoms. The van der Waals surface area contributed by atoms with E-state index >= 15 is 0 Å². The van der Waals surface area contributed by atoms with Crippen LogP contribution in [0, 0.1) is 0 Å². The second-order valence-electron chi connectivity index (χ2n) is 6.23. The monoisotopic (exact) mass is 494 g/mol. The smallest absolute Gasteiger partial charge is 0.191 e. The van der Waals surface area contributed by atoms with E-state index in [1.807, 2.05) is 12.1 Å². The molecule has 5 nitrogen and oxygen atoms in total. The van der Waals surface area contributed by atoms with Gasteiger partial charge in [-0.05, 0) is 50.4 Å². The van der Waals surface area contributed by atoms with Gasteiger partial charge in [0.05, 0.1) is 13.2 Å². The molecule has 0 unspecified atom stereocenters. The molecule has 2 rings (SSSR count). The second-order valence-corrected chi connectivity index (χ2v) is 6.66. The molecule has 2 N–H and O–H groups in total. The predicted molar refractivity (Wildman–Crippen MR) is 121 cm³/mol. The zero-order valence-corrected chi connectivity index (χ0v) is 18.8. The minimum Gasteiger partial charge on any atom is -0.379 e. The molecule has 0 atom stereocenters. The molecule has 1 aromatic rings. The molecule has 0 aliphatic carbocycles. The molecule has 0 amide bonds. The van der Waals surface area contributed by atoms with Gasteiger partial charge in [0, 0.05) is 37.7 Å². The van der Waals surface area contributed by atoms with Crippen molar-refractivity contribution < 1.29 is 4.74 Å². The highest BCUT2D eigenvalue weighted by atomic mass is 127. The maximum Gasteiger partial charge on any atom is 0.191 e. The Morgan fingerprint density at radius 2 is 1.88 bits per heavy atom. The summed E-state index contributed by atoms with van der Waals surface area (Å²) in [7, 11) is 0. The number of nitrogens with one attached hydrogen (secondary N) is 2. The molecule has 1 aliphatic heterocycles. The van der Waals surface area contributed by atoms with Crippen LogP contribution in [0.5, 0.6) is 0 Å². The number of unbranched alkanes of at least 4 members (excludes halogenated alkanes) is 1. The standard InChI is InChI=1S/C19H31ClN4O.HI/c1-2-21-19(23-11-9-17-5-7-18(20)8-6-17)22-10-3-4-12-24-13-15-25-16-14-24;/h5-8H,2-4,9-16H2,1H3,(H2,21,22,23);1H. The summed E-state index contributed by atoms with van der Waals surface area (Å²) < 4.78 is 5.37. The summed E-state index contributed by atoms with van der Waals surface area (Å²) >= 11 is 5.92. The molecule has 1 heterocycles. The summed E-state index contributed by atoms with van der Waals surface area (Å²) in [4.78, 5) is 7.15. The van der Waals surface area contributed by atoms with E-state index in [0.717, 1.165) is 76.3 Å². The molecule has 0 aromatic heterocycles. The number of aliphatic imine (C=N–C) groups is 1. The third kappa shape index (κ3) is 9.94. The first-order chi connectivity index (χ1) is 12.3. The Balaban J connectivity index is 0.00000338. The van der Waals surface area contributed by atoms with Crippen molar-refractivity contribution in [2.45, 2.75) is 26.2 Å². The number of benzene rings is 1. The summed E-state index contributed by atoms with van der Waals surface area (Å²) in [6.45, 7) is 9.73. The van der Waals surface area contributed by atoms with Gasteiger partial charge >= 0.3 is 0 Å². The van der Waals surface area contributed by atoms with Crippen LogP contribution in [0.4, 0.5) is 0 Å². The molecule has 1 aromatic carbocycles. The molecule has 0 spiro atoms. The van der Waals surface area contributed by atoms with Gasteiger partial charge in [-0.25, -0.2) is 0 Å². The van der Waals surface area contributed by atoms with Crippen molar-refractivity contribution in [1.82, 2.24) is 15.5 Å². The highest BCUT2D eigenvalue weighted by Crippen LogP contribution is 2.09. The lowest BCUT2D eigenvalue weighted by molar-refractivity contribution is 0.0373. The highest BCUT2D eigenvalue weighted by molar-refractivity contribution is 14.0. The normalized spacial score (nSPS) is 15.4. The summed E-state index contributed by atoms with van der Waals surface area (Å²) in [6, 6.07) is 8.01. The quantitative estimate of drug-likeness (QED) is 0.240. The van der Waals surface area contributed by atoms with Crippen LogP contribution in [-0.2, 0) is 11.2 Å². The van der Waals surface area contributed by atoms with Gasteiger partial charge in [-0.2, -0.15) is 0 Å². The maximum absolute atomic E-state index is 5.92. The van der Waals surface area contributed by atoms with Crippen molar-refractivity contribution in [2.75, 3.05) is 52.5 Å². The van der Waals surface area contributed by atoms with Gasteiger partial charge in [0.25, 0.3) is 0 Å². The SMILES string of the molecule is CCNC(=NCCCCN1CCOCC1)NCCc1ccc(Cl)cc1.I. The fourth-order valence-corrected chi connectivity index (χ4v) is 2.91. The van der Waals surface area contributed by atoms with Gasteiger partial charge in [-0.1, -0.05) is 23.7 Å². The Hall–Kier alpha value is -0.570. The number of nitrogens with zero attached hydrogens (tertiary/aromatic N) is 2. The highest BCUT2D eigenvalue weighted by Gasteiger charge is 2.08. The molecular weight excluding hydrogens is 463 g/mol. The molecule has 1 fully saturated rings. The largest absolute Gasteiger partial charge is 0.379 e. The van der Waals surface area contributed by atoms with Crippen LogP contribution in [0.25, 0.3) is 0 Å². The first kappa shape index (κ1) is 23.5. The van der Waals surface area contributed by atoms with Crippen molar-refractivity contribution in [3.63, 3.8) is 0 Å². The Morgan fingerprint density at radius 1 is 1.15 bits per heavy atom. The minimum atomic E-state index is 0. The van der Waals surface area contributed by atoms with E-state index in [9.17, 15) is 0 Å². The molecule has 7 heteroatoms. The Morgan fingerprint density at radius 3 is 2.58 bits per heavy atom. The van der Waals surface area contributed by atoms with Gasteiger partial charge in [-0.15, -0.1) is 24.0 Å². The number of rotatable bonds is 9. The molecule has 1 saturated heterocycles. The summed E-state index contributed by atoms with van der Waals surface area (Å²) in [6.07, 6.45) is 3.26. The van der Waals surface area contributed by atoms with Crippen LogP contribution in [0.2, 0.25) is 5.02 Å². The maximum atomic E-state index is 5.92. The van der Waals surface area contributed by atoms with E-state index in [4.69, 9.17) is 16.3 Å². The minimum absolute atomic E-state index is 0. The number of hydrogen-bond acceptors (Lipinski definition) is 3. The van der Waals surface area contributed by atoms with Crippen LogP contribution in [0.3, 0.4) is 0 Å². The van der Waals surface area contributed by atoms with Gasteiger partial charge in [0.1, 0.15) is 0 Å². The number of guanidine groups is 1. The van der Waals surface area contributed by atoms with Crippen LogP contribution in [0.1, 0.15) is 25.3 Å². The number of ether oxygens (including phenoxy) is 1. The van der Waals surface area contributed by atoms with E-state index in [-0.39, 0.29) is 24.0 Å². The van der Waals surface area contributed by atoms with Crippen molar-refractivity contribution >= 4 is 41.5 Å². The van der Waals surface area contributed by atoms with Crippen molar-refractivity contribution in [3.8, 4) is 0 Å². The average molecular weight is 495 g/mol. The predicted octanol–water partition coefficient (Wildman–Crippen LogP) is 3.17. The summed E-state index contributed by atoms with van der Waals surface area (Å²) in [5.41, 5.74) is 1.28. The third-order valence-electron chi connectivity index (χ3n) is 4.22. The fraction of sp³-hybridized carbons (Fsp3) is 0.632. The topological polar surface area (TPSA) is 48.9 Å². The Labute approximate surface area is 179 Å². The van der Waals surface area contributed by atoms with Gasteiger partial charge < -0.3 is 15.4 Å². The lowest BCUT2D eigenvalue weighted by atomic mass is 10.1. The number of hydrogen-bond donors (Lipinski definition) is 2.